The van der Waals surface area contributed by atoms with Gasteiger partial charge in [-0.25, -0.2) is 4.79 Å². The lowest BCUT2D eigenvalue weighted by Gasteiger charge is -2.34. The molecule has 0 aliphatic carbocycles. The predicted octanol–water partition coefficient (Wildman–Crippen LogP) is 3.41. The van der Waals surface area contributed by atoms with Crippen LogP contribution in [0, 0.1) is 10.1 Å². The Hall–Kier alpha value is -3.15. The number of ether oxygens (including phenoxy) is 2. The average molecular weight is 309 g/mol. The molecule has 0 saturated carbocycles. The first-order chi connectivity index (χ1) is 11.0. The van der Waals surface area contributed by atoms with Crippen molar-refractivity contribution in [3.05, 3.63) is 74.8 Å². The molecule has 0 saturated heterocycles. The predicted molar refractivity (Wildman–Crippen MR) is 80.9 cm³/mol. The van der Waals surface area contributed by atoms with Crippen LogP contribution in [0.4, 0.5) is 5.69 Å². The van der Waals surface area contributed by atoms with Crippen molar-refractivity contribution in [1.82, 2.24) is 0 Å². The summed E-state index contributed by atoms with van der Waals surface area (Å²) in [6.45, 7) is 1.77. The fourth-order valence-corrected chi connectivity index (χ4v) is 2.98. The van der Waals surface area contributed by atoms with Crippen LogP contribution in [-0.2, 0) is 10.5 Å². The second-order valence-corrected chi connectivity index (χ2v) is 5.46. The van der Waals surface area contributed by atoms with E-state index in [9.17, 15) is 14.9 Å². The molecular formula is C17H11NO5. The van der Waals surface area contributed by atoms with Gasteiger partial charge in [-0.1, -0.05) is 12.1 Å². The summed E-state index contributed by atoms with van der Waals surface area (Å²) in [7, 11) is 0. The molecule has 1 unspecified atom stereocenters. The summed E-state index contributed by atoms with van der Waals surface area (Å²) in [5, 5.41) is 10.9. The standard InChI is InChI=1S/C17H11NO5/c1-10-8-11-9-12(18(20)21)6-7-15(11)22-17(10)14-5-3-2-4-13(14)16(19)23-17/h2-9H,1H3. The van der Waals surface area contributed by atoms with Gasteiger partial charge in [0, 0.05) is 23.3 Å². The molecule has 0 fully saturated rings. The van der Waals surface area contributed by atoms with E-state index in [1.54, 1.807) is 31.2 Å². The molecule has 4 rings (SSSR count). The SMILES string of the molecule is CC1=Cc2cc([N+](=O)[O-])ccc2OC12OC(=O)c1ccccc12. The van der Waals surface area contributed by atoms with E-state index in [0.29, 0.717) is 28.0 Å². The van der Waals surface area contributed by atoms with Crippen LogP contribution in [0.5, 0.6) is 5.75 Å². The molecule has 2 heterocycles. The van der Waals surface area contributed by atoms with Crippen LogP contribution in [0.3, 0.4) is 0 Å². The summed E-state index contributed by atoms with van der Waals surface area (Å²) < 4.78 is 11.5. The number of fused-ring (bicyclic) bond motifs is 3. The highest BCUT2D eigenvalue weighted by Gasteiger charge is 2.51. The maximum Gasteiger partial charge on any atom is 0.342 e. The maximum atomic E-state index is 12.1. The lowest BCUT2D eigenvalue weighted by Crippen LogP contribution is -2.36. The highest BCUT2D eigenvalue weighted by Crippen LogP contribution is 2.48. The Morgan fingerprint density at radius 2 is 1.91 bits per heavy atom. The molecule has 114 valence electrons. The van der Waals surface area contributed by atoms with Crippen molar-refractivity contribution in [2.45, 2.75) is 12.7 Å². The van der Waals surface area contributed by atoms with Gasteiger partial charge in [0.2, 0.25) is 0 Å². The van der Waals surface area contributed by atoms with Gasteiger partial charge in [0.05, 0.1) is 16.1 Å². The topological polar surface area (TPSA) is 78.7 Å². The Morgan fingerprint density at radius 3 is 2.70 bits per heavy atom. The van der Waals surface area contributed by atoms with Gasteiger partial charge in [-0.2, -0.15) is 0 Å². The number of carbonyl (C=O) groups excluding carboxylic acids is 1. The number of nitro benzene ring substituents is 1. The van der Waals surface area contributed by atoms with E-state index in [0.717, 1.165) is 0 Å². The molecule has 6 heteroatoms. The van der Waals surface area contributed by atoms with Crippen LogP contribution < -0.4 is 4.74 Å². The van der Waals surface area contributed by atoms with Gasteiger partial charge >= 0.3 is 11.8 Å². The number of nitrogens with zero attached hydrogens (tertiary/aromatic N) is 1. The minimum absolute atomic E-state index is 0.0174. The zero-order valence-electron chi connectivity index (χ0n) is 12.1. The first-order valence-corrected chi connectivity index (χ1v) is 7.00. The Balaban J connectivity index is 1.88. The molecular weight excluding hydrogens is 298 g/mol. The second kappa shape index (κ2) is 4.42. The number of non-ortho nitro benzene ring substituents is 1. The smallest absolute Gasteiger partial charge is 0.342 e. The Morgan fingerprint density at radius 1 is 1.13 bits per heavy atom. The lowest BCUT2D eigenvalue weighted by atomic mass is 9.92. The molecule has 2 aliphatic heterocycles. The molecule has 0 amide bonds. The maximum absolute atomic E-state index is 12.1. The zero-order valence-corrected chi connectivity index (χ0v) is 12.1. The number of esters is 1. The number of hydrogen-bond acceptors (Lipinski definition) is 5. The molecule has 2 aliphatic rings. The number of nitro groups is 1. The monoisotopic (exact) mass is 309 g/mol. The molecule has 0 aromatic heterocycles. The first-order valence-electron chi connectivity index (χ1n) is 7.00. The summed E-state index contributed by atoms with van der Waals surface area (Å²) in [5.41, 5.74) is 2.33. The minimum atomic E-state index is -1.29. The van der Waals surface area contributed by atoms with Crippen LogP contribution in [0.25, 0.3) is 6.08 Å². The quantitative estimate of drug-likeness (QED) is 0.458. The molecule has 0 N–H and O–H groups in total. The molecule has 1 spiro atoms. The Bertz CT molecular complexity index is 902. The van der Waals surface area contributed by atoms with E-state index < -0.39 is 16.7 Å². The van der Waals surface area contributed by atoms with Crippen molar-refractivity contribution in [2.75, 3.05) is 0 Å². The number of hydrogen-bond donors (Lipinski definition) is 0. The van der Waals surface area contributed by atoms with Gasteiger partial charge in [0.25, 0.3) is 5.69 Å². The third kappa shape index (κ3) is 1.78. The van der Waals surface area contributed by atoms with Crippen molar-refractivity contribution in [3.63, 3.8) is 0 Å². The van der Waals surface area contributed by atoms with Crippen molar-refractivity contribution in [2.24, 2.45) is 0 Å². The van der Waals surface area contributed by atoms with Gasteiger partial charge < -0.3 is 9.47 Å². The summed E-state index contributed by atoms with van der Waals surface area (Å²) in [6, 6.07) is 11.4. The molecule has 1 atom stereocenters. The zero-order chi connectivity index (χ0) is 16.2. The van der Waals surface area contributed by atoms with Gasteiger partial charge in [-0.3, -0.25) is 10.1 Å². The fraction of sp³-hybridized carbons (Fsp3) is 0.118. The van der Waals surface area contributed by atoms with Crippen LogP contribution in [0.15, 0.2) is 48.0 Å². The number of rotatable bonds is 1. The number of benzene rings is 2. The van der Waals surface area contributed by atoms with Gasteiger partial charge in [-0.05, 0) is 31.2 Å². The summed E-state index contributed by atoms with van der Waals surface area (Å²) >= 11 is 0. The van der Waals surface area contributed by atoms with E-state index in [-0.39, 0.29) is 5.69 Å². The second-order valence-electron chi connectivity index (χ2n) is 5.46. The average Bonchev–Trinajstić information content (AvgIpc) is 2.82. The van der Waals surface area contributed by atoms with Gasteiger partial charge in [0.1, 0.15) is 5.75 Å². The van der Waals surface area contributed by atoms with Crippen LogP contribution in [0.2, 0.25) is 0 Å². The third-order valence-electron chi connectivity index (χ3n) is 4.09. The van der Waals surface area contributed by atoms with Crippen molar-refractivity contribution in [3.8, 4) is 5.75 Å². The first kappa shape index (κ1) is 13.5. The number of carbonyl (C=O) groups is 1. The van der Waals surface area contributed by atoms with E-state index in [1.807, 2.05) is 6.07 Å². The molecule has 6 nitrogen and oxygen atoms in total. The molecule has 23 heavy (non-hydrogen) atoms. The summed E-state index contributed by atoms with van der Waals surface area (Å²) in [5.74, 6) is -1.30. The Labute approximate surface area is 131 Å². The van der Waals surface area contributed by atoms with Crippen LogP contribution >= 0.6 is 0 Å². The van der Waals surface area contributed by atoms with Gasteiger partial charge in [-0.15, -0.1) is 0 Å². The Kier molecular flexibility index (Phi) is 2.60. The van der Waals surface area contributed by atoms with Gasteiger partial charge in [0.15, 0.2) is 0 Å². The molecule has 2 aromatic carbocycles. The highest BCUT2D eigenvalue weighted by atomic mass is 16.7. The third-order valence-corrected chi connectivity index (χ3v) is 4.09. The lowest BCUT2D eigenvalue weighted by molar-refractivity contribution is -0.384. The fourth-order valence-electron chi connectivity index (χ4n) is 2.98. The van der Waals surface area contributed by atoms with Crippen molar-refractivity contribution >= 4 is 17.7 Å². The molecule has 0 bridgehead atoms. The molecule has 2 aromatic rings. The van der Waals surface area contributed by atoms with E-state index in [4.69, 9.17) is 9.47 Å². The molecule has 0 radical (unpaired) electrons. The summed E-state index contributed by atoms with van der Waals surface area (Å²) in [4.78, 5) is 22.6. The minimum Gasteiger partial charge on any atom is -0.444 e. The van der Waals surface area contributed by atoms with E-state index in [1.165, 1.54) is 18.2 Å². The normalized spacial score (nSPS) is 21.1. The van der Waals surface area contributed by atoms with Crippen LogP contribution in [0.1, 0.15) is 28.4 Å². The van der Waals surface area contributed by atoms with E-state index >= 15 is 0 Å². The highest BCUT2D eigenvalue weighted by molar-refractivity contribution is 5.95. The van der Waals surface area contributed by atoms with E-state index in [2.05, 4.69) is 0 Å². The van der Waals surface area contributed by atoms with Crippen LogP contribution in [-0.4, -0.2) is 10.9 Å². The van der Waals surface area contributed by atoms with Crippen molar-refractivity contribution < 1.29 is 19.2 Å². The van der Waals surface area contributed by atoms with Crippen molar-refractivity contribution in [1.29, 1.82) is 0 Å². The largest absolute Gasteiger partial charge is 0.444 e. The summed E-state index contributed by atoms with van der Waals surface area (Å²) in [6.07, 6.45) is 1.75.